The van der Waals surface area contributed by atoms with Crippen molar-refractivity contribution in [1.29, 1.82) is 0 Å². The lowest BCUT2D eigenvalue weighted by Crippen LogP contribution is -2.61. The Hall–Kier alpha value is -1.91. The third kappa shape index (κ3) is 2.59. The molecule has 102 valence electrons. The smallest absolute Gasteiger partial charge is 0.245 e. The summed E-state index contributed by atoms with van der Waals surface area (Å²) in [6, 6.07) is 2.97. The number of piperazine rings is 1. The van der Waals surface area contributed by atoms with Crippen molar-refractivity contribution >= 4 is 11.8 Å². The zero-order chi connectivity index (χ0) is 14.0. The Morgan fingerprint density at radius 2 is 2.16 bits per heavy atom. The molecule has 1 saturated heterocycles. The second kappa shape index (κ2) is 5.38. The Balaban J connectivity index is 2.27. The number of carbonyl (C=O) groups is 2. The number of aryl methyl sites for hydroxylation is 1. The summed E-state index contributed by atoms with van der Waals surface area (Å²) in [5, 5.41) is 2.71. The number of carbonyl (C=O) groups excluding carboxylic acids is 2. The molecular formula is C14H19N3O2. The average molecular weight is 261 g/mol. The van der Waals surface area contributed by atoms with Gasteiger partial charge in [-0.3, -0.25) is 14.6 Å². The molecule has 2 atom stereocenters. The molecule has 19 heavy (non-hydrogen) atoms. The molecule has 1 aliphatic heterocycles. The van der Waals surface area contributed by atoms with E-state index in [1.807, 2.05) is 26.0 Å². The summed E-state index contributed by atoms with van der Waals surface area (Å²) in [7, 11) is 0. The lowest BCUT2D eigenvalue weighted by atomic mass is 10.0. The molecule has 1 N–H and O–H groups in total. The third-order valence-electron chi connectivity index (χ3n) is 3.52. The van der Waals surface area contributed by atoms with Gasteiger partial charge >= 0.3 is 0 Å². The minimum absolute atomic E-state index is 0.0449. The van der Waals surface area contributed by atoms with Crippen LogP contribution in [0.1, 0.15) is 31.5 Å². The SMILES string of the molecule is CCC1C(=O)NC(C)C(=O)N1Cc1ncccc1C. The van der Waals surface area contributed by atoms with Crippen molar-refractivity contribution in [2.75, 3.05) is 0 Å². The summed E-state index contributed by atoms with van der Waals surface area (Å²) in [5.41, 5.74) is 1.87. The number of hydrogen-bond acceptors (Lipinski definition) is 3. The molecule has 0 radical (unpaired) electrons. The van der Waals surface area contributed by atoms with Crippen LogP contribution in [0.4, 0.5) is 0 Å². The van der Waals surface area contributed by atoms with Gasteiger partial charge in [-0.2, -0.15) is 0 Å². The van der Waals surface area contributed by atoms with Crippen LogP contribution in [0.2, 0.25) is 0 Å². The third-order valence-corrected chi connectivity index (χ3v) is 3.52. The first-order valence-electron chi connectivity index (χ1n) is 6.56. The summed E-state index contributed by atoms with van der Waals surface area (Å²) in [6.45, 7) is 5.97. The van der Waals surface area contributed by atoms with E-state index in [9.17, 15) is 9.59 Å². The largest absolute Gasteiger partial charge is 0.343 e. The van der Waals surface area contributed by atoms with Crippen molar-refractivity contribution in [2.45, 2.75) is 45.8 Å². The standard InChI is InChI=1S/C14H19N3O2/c1-4-12-13(18)16-10(3)14(19)17(12)8-11-9(2)6-5-7-15-11/h5-7,10,12H,4,8H2,1-3H3,(H,16,18). The van der Waals surface area contributed by atoms with E-state index in [4.69, 9.17) is 0 Å². The topological polar surface area (TPSA) is 62.3 Å². The van der Waals surface area contributed by atoms with Gasteiger partial charge < -0.3 is 10.2 Å². The van der Waals surface area contributed by atoms with Crippen molar-refractivity contribution in [1.82, 2.24) is 15.2 Å². The first-order chi connectivity index (χ1) is 9.04. The van der Waals surface area contributed by atoms with Gasteiger partial charge in [-0.05, 0) is 31.9 Å². The molecule has 5 nitrogen and oxygen atoms in total. The van der Waals surface area contributed by atoms with Gasteiger partial charge in [0.2, 0.25) is 11.8 Å². The molecule has 2 heterocycles. The maximum Gasteiger partial charge on any atom is 0.245 e. The van der Waals surface area contributed by atoms with Crippen LogP contribution in [0.3, 0.4) is 0 Å². The van der Waals surface area contributed by atoms with Gasteiger partial charge in [0.05, 0.1) is 12.2 Å². The lowest BCUT2D eigenvalue weighted by molar-refractivity contribution is -0.149. The summed E-state index contributed by atoms with van der Waals surface area (Å²) in [4.78, 5) is 30.1. The molecule has 1 aromatic heterocycles. The number of amides is 2. The second-order valence-electron chi connectivity index (χ2n) is 4.89. The maximum absolute atomic E-state index is 12.2. The summed E-state index contributed by atoms with van der Waals surface area (Å²) >= 11 is 0. The fourth-order valence-corrected chi connectivity index (χ4v) is 2.35. The van der Waals surface area contributed by atoms with E-state index in [2.05, 4.69) is 10.3 Å². The van der Waals surface area contributed by atoms with Gasteiger partial charge in [-0.15, -0.1) is 0 Å². The fourth-order valence-electron chi connectivity index (χ4n) is 2.35. The number of nitrogens with one attached hydrogen (secondary N) is 1. The van der Waals surface area contributed by atoms with Gasteiger partial charge in [0.1, 0.15) is 12.1 Å². The highest BCUT2D eigenvalue weighted by molar-refractivity contribution is 5.96. The molecule has 1 aliphatic rings. The van der Waals surface area contributed by atoms with Crippen LogP contribution in [-0.4, -0.2) is 33.8 Å². The first-order valence-corrected chi connectivity index (χ1v) is 6.56. The van der Waals surface area contributed by atoms with E-state index < -0.39 is 12.1 Å². The zero-order valence-corrected chi connectivity index (χ0v) is 11.5. The summed E-state index contributed by atoms with van der Waals surface area (Å²) in [6.07, 6.45) is 2.32. The Labute approximate surface area is 113 Å². The molecule has 0 saturated carbocycles. The van der Waals surface area contributed by atoms with Crippen molar-refractivity contribution < 1.29 is 9.59 Å². The highest BCUT2D eigenvalue weighted by atomic mass is 16.2. The van der Waals surface area contributed by atoms with E-state index in [0.29, 0.717) is 13.0 Å². The van der Waals surface area contributed by atoms with Crippen molar-refractivity contribution in [3.63, 3.8) is 0 Å². The lowest BCUT2D eigenvalue weighted by Gasteiger charge is -2.37. The zero-order valence-electron chi connectivity index (χ0n) is 11.5. The van der Waals surface area contributed by atoms with E-state index in [0.717, 1.165) is 11.3 Å². The maximum atomic E-state index is 12.2. The Kier molecular flexibility index (Phi) is 3.83. The van der Waals surface area contributed by atoms with Crippen molar-refractivity contribution in [2.24, 2.45) is 0 Å². The number of hydrogen-bond donors (Lipinski definition) is 1. The van der Waals surface area contributed by atoms with Crippen LogP contribution < -0.4 is 5.32 Å². The predicted molar refractivity (Wildman–Crippen MR) is 71.2 cm³/mol. The molecular weight excluding hydrogens is 242 g/mol. The molecule has 5 heteroatoms. The van der Waals surface area contributed by atoms with Crippen LogP contribution >= 0.6 is 0 Å². The molecule has 2 rings (SSSR count). The molecule has 2 unspecified atom stereocenters. The van der Waals surface area contributed by atoms with Crippen LogP contribution in [-0.2, 0) is 16.1 Å². The average Bonchev–Trinajstić information content (AvgIpc) is 2.38. The molecule has 2 amide bonds. The van der Waals surface area contributed by atoms with Gasteiger partial charge in [0.25, 0.3) is 0 Å². The first kappa shape index (κ1) is 13.5. The normalized spacial score (nSPS) is 23.4. The van der Waals surface area contributed by atoms with Crippen LogP contribution in [0.25, 0.3) is 0 Å². The number of pyridine rings is 1. The summed E-state index contributed by atoms with van der Waals surface area (Å²) < 4.78 is 0. The minimum atomic E-state index is -0.459. The molecule has 0 spiro atoms. The van der Waals surface area contributed by atoms with Crippen molar-refractivity contribution in [3.8, 4) is 0 Å². The molecule has 0 aliphatic carbocycles. The van der Waals surface area contributed by atoms with Crippen LogP contribution in [0, 0.1) is 6.92 Å². The predicted octanol–water partition coefficient (Wildman–Crippen LogP) is 1.02. The number of aromatic nitrogens is 1. The van der Waals surface area contributed by atoms with E-state index >= 15 is 0 Å². The van der Waals surface area contributed by atoms with Gasteiger partial charge in [-0.25, -0.2) is 0 Å². The molecule has 0 bridgehead atoms. The highest BCUT2D eigenvalue weighted by Gasteiger charge is 2.37. The van der Waals surface area contributed by atoms with Gasteiger partial charge in [0.15, 0.2) is 0 Å². The highest BCUT2D eigenvalue weighted by Crippen LogP contribution is 2.17. The Morgan fingerprint density at radius 1 is 1.42 bits per heavy atom. The van der Waals surface area contributed by atoms with E-state index in [1.54, 1.807) is 18.0 Å². The minimum Gasteiger partial charge on any atom is -0.343 e. The van der Waals surface area contributed by atoms with Gasteiger partial charge in [-0.1, -0.05) is 13.0 Å². The fraction of sp³-hybridized carbons (Fsp3) is 0.500. The monoisotopic (exact) mass is 261 g/mol. The Morgan fingerprint density at radius 3 is 2.79 bits per heavy atom. The molecule has 1 fully saturated rings. The number of rotatable bonds is 3. The van der Waals surface area contributed by atoms with Crippen LogP contribution in [0.5, 0.6) is 0 Å². The number of nitrogens with zero attached hydrogens (tertiary/aromatic N) is 2. The molecule has 0 aromatic carbocycles. The summed E-state index contributed by atoms with van der Waals surface area (Å²) in [5.74, 6) is -0.125. The van der Waals surface area contributed by atoms with E-state index in [-0.39, 0.29) is 11.8 Å². The van der Waals surface area contributed by atoms with Gasteiger partial charge in [0, 0.05) is 6.20 Å². The van der Waals surface area contributed by atoms with E-state index in [1.165, 1.54) is 0 Å². The second-order valence-corrected chi connectivity index (χ2v) is 4.89. The Bertz CT molecular complexity index is 501. The molecule has 1 aromatic rings. The quantitative estimate of drug-likeness (QED) is 0.883. The van der Waals surface area contributed by atoms with Crippen LogP contribution in [0.15, 0.2) is 18.3 Å². The van der Waals surface area contributed by atoms with Crippen molar-refractivity contribution in [3.05, 3.63) is 29.6 Å².